The van der Waals surface area contributed by atoms with Crippen LogP contribution >= 0.6 is 0 Å². The minimum Gasteiger partial charge on any atom is -0.383 e. The second-order valence-corrected chi connectivity index (χ2v) is 3.99. The first-order chi connectivity index (χ1) is 7.69. The van der Waals surface area contributed by atoms with E-state index < -0.39 is 0 Å². The molecular weight excluding hydrogens is 208 g/mol. The number of guanidine groups is 1. The van der Waals surface area contributed by atoms with Crippen molar-refractivity contribution in [3.05, 3.63) is 0 Å². The predicted octanol–water partition coefficient (Wildman–Crippen LogP) is -0.439. The molecule has 1 rings (SSSR count). The molecule has 0 radical (unpaired) electrons. The number of ether oxygens (including phenoxy) is 2. The minimum absolute atomic E-state index is 0.206. The van der Waals surface area contributed by atoms with Gasteiger partial charge in [-0.1, -0.05) is 0 Å². The van der Waals surface area contributed by atoms with Crippen molar-refractivity contribution in [2.45, 2.75) is 26.0 Å². The number of hydrogen-bond acceptors (Lipinski definition) is 4. The Kier molecular flexibility index (Phi) is 5.51. The third-order valence-corrected chi connectivity index (χ3v) is 2.57. The SMILES string of the molecule is COCCN=C(NN)N1CC(C)OCC1C. The number of hydrogen-bond donors (Lipinski definition) is 2. The highest BCUT2D eigenvalue weighted by Gasteiger charge is 2.25. The molecule has 2 unspecified atom stereocenters. The molecule has 0 bridgehead atoms. The van der Waals surface area contributed by atoms with Crippen molar-refractivity contribution in [1.82, 2.24) is 10.3 Å². The summed E-state index contributed by atoms with van der Waals surface area (Å²) in [5.74, 6) is 6.20. The molecule has 0 amide bonds. The van der Waals surface area contributed by atoms with Crippen LogP contribution in [0.1, 0.15) is 13.8 Å². The summed E-state index contributed by atoms with van der Waals surface area (Å²) in [4.78, 5) is 6.50. The standard InChI is InChI=1S/C10H22N4O2/c1-8-7-16-9(2)6-14(8)10(13-11)12-4-5-15-3/h8-9H,4-7,11H2,1-3H3,(H,12,13). The Bertz CT molecular complexity index is 235. The number of hydrazine groups is 1. The topological polar surface area (TPSA) is 72.1 Å². The van der Waals surface area contributed by atoms with Crippen LogP contribution in [0.3, 0.4) is 0 Å². The van der Waals surface area contributed by atoms with Crippen LogP contribution in [0.15, 0.2) is 4.99 Å². The van der Waals surface area contributed by atoms with Crippen molar-refractivity contribution in [1.29, 1.82) is 0 Å². The molecular formula is C10H22N4O2. The van der Waals surface area contributed by atoms with Gasteiger partial charge < -0.3 is 14.4 Å². The molecule has 1 saturated heterocycles. The molecule has 0 aromatic carbocycles. The fourth-order valence-electron chi connectivity index (χ4n) is 1.66. The number of aliphatic imine (C=N–C) groups is 1. The molecule has 3 N–H and O–H groups in total. The number of methoxy groups -OCH3 is 1. The summed E-state index contributed by atoms with van der Waals surface area (Å²) in [7, 11) is 1.66. The summed E-state index contributed by atoms with van der Waals surface area (Å²) in [5.41, 5.74) is 2.65. The van der Waals surface area contributed by atoms with Crippen molar-refractivity contribution in [3.63, 3.8) is 0 Å². The van der Waals surface area contributed by atoms with E-state index in [1.165, 1.54) is 0 Å². The zero-order valence-corrected chi connectivity index (χ0v) is 10.3. The van der Waals surface area contributed by atoms with E-state index in [0.717, 1.165) is 6.54 Å². The molecule has 1 aliphatic heterocycles. The summed E-state index contributed by atoms with van der Waals surface area (Å²) in [6.07, 6.45) is 0.206. The molecule has 1 heterocycles. The van der Waals surface area contributed by atoms with Gasteiger partial charge in [-0.15, -0.1) is 0 Å². The van der Waals surface area contributed by atoms with Gasteiger partial charge in [-0.2, -0.15) is 0 Å². The van der Waals surface area contributed by atoms with Gasteiger partial charge in [-0.3, -0.25) is 5.43 Å². The lowest BCUT2D eigenvalue weighted by Crippen LogP contribution is -2.55. The molecule has 0 saturated carbocycles. The molecule has 6 heteroatoms. The zero-order chi connectivity index (χ0) is 12.0. The van der Waals surface area contributed by atoms with Crippen molar-refractivity contribution in [2.24, 2.45) is 10.8 Å². The van der Waals surface area contributed by atoms with Gasteiger partial charge >= 0.3 is 0 Å². The highest BCUT2D eigenvalue weighted by molar-refractivity contribution is 5.79. The minimum atomic E-state index is 0.206. The third kappa shape index (κ3) is 3.62. The molecule has 0 aromatic heterocycles. The molecule has 2 atom stereocenters. The second kappa shape index (κ2) is 6.67. The normalized spacial score (nSPS) is 27.0. The monoisotopic (exact) mass is 230 g/mol. The molecule has 94 valence electrons. The molecule has 16 heavy (non-hydrogen) atoms. The van der Waals surface area contributed by atoms with Gasteiger partial charge in [0.15, 0.2) is 0 Å². The first-order valence-corrected chi connectivity index (χ1v) is 5.57. The smallest absolute Gasteiger partial charge is 0.208 e. The van der Waals surface area contributed by atoms with Gasteiger partial charge in [-0.05, 0) is 13.8 Å². The van der Waals surface area contributed by atoms with Gasteiger partial charge in [0, 0.05) is 13.7 Å². The van der Waals surface area contributed by atoms with Crippen molar-refractivity contribution >= 4 is 5.96 Å². The van der Waals surface area contributed by atoms with Crippen LogP contribution in [0.5, 0.6) is 0 Å². The Morgan fingerprint density at radius 1 is 1.62 bits per heavy atom. The average Bonchev–Trinajstić information content (AvgIpc) is 2.28. The lowest BCUT2D eigenvalue weighted by atomic mass is 10.2. The molecule has 0 aromatic rings. The van der Waals surface area contributed by atoms with E-state index in [1.54, 1.807) is 7.11 Å². The zero-order valence-electron chi connectivity index (χ0n) is 10.3. The average molecular weight is 230 g/mol. The first kappa shape index (κ1) is 13.2. The molecule has 6 nitrogen and oxygen atoms in total. The van der Waals surface area contributed by atoms with E-state index in [4.69, 9.17) is 15.3 Å². The van der Waals surface area contributed by atoms with Crippen LogP contribution in [-0.4, -0.2) is 56.4 Å². The first-order valence-electron chi connectivity index (χ1n) is 5.57. The summed E-state index contributed by atoms with van der Waals surface area (Å²) in [6.45, 7) is 6.84. The maximum atomic E-state index is 5.55. The van der Waals surface area contributed by atoms with Crippen LogP contribution in [-0.2, 0) is 9.47 Å². The highest BCUT2D eigenvalue weighted by Crippen LogP contribution is 2.11. The summed E-state index contributed by atoms with van der Waals surface area (Å²) in [5, 5.41) is 0. The Morgan fingerprint density at radius 2 is 2.38 bits per heavy atom. The van der Waals surface area contributed by atoms with E-state index in [2.05, 4.69) is 22.2 Å². The van der Waals surface area contributed by atoms with E-state index in [-0.39, 0.29) is 12.1 Å². The number of nitrogens with two attached hydrogens (primary N) is 1. The lowest BCUT2D eigenvalue weighted by molar-refractivity contribution is -0.0236. The van der Waals surface area contributed by atoms with Crippen LogP contribution in [0.2, 0.25) is 0 Å². The summed E-state index contributed by atoms with van der Waals surface area (Å²) in [6, 6.07) is 0.286. The Labute approximate surface area is 96.8 Å². The van der Waals surface area contributed by atoms with Crippen LogP contribution in [0.4, 0.5) is 0 Å². The molecule has 0 spiro atoms. The Balaban J connectivity index is 2.58. The highest BCUT2D eigenvalue weighted by atomic mass is 16.5. The van der Waals surface area contributed by atoms with Crippen LogP contribution < -0.4 is 11.3 Å². The third-order valence-electron chi connectivity index (χ3n) is 2.57. The second-order valence-electron chi connectivity index (χ2n) is 3.99. The van der Waals surface area contributed by atoms with Crippen molar-refractivity contribution in [2.75, 3.05) is 33.4 Å². The number of morpholine rings is 1. The fourth-order valence-corrected chi connectivity index (χ4v) is 1.66. The van der Waals surface area contributed by atoms with Crippen molar-refractivity contribution < 1.29 is 9.47 Å². The largest absolute Gasteiger partial charge is 0.383 e. The van der Waals surface area contributed by atoms with Gasteiger partial charge in [0.2, 0.25) is 5.96 Å². The van der Waals surface area contributed by atoms with E-state index >= 15 is 0 Å². The van der Waals surface area contributed by atoms with E-state index in [1.807, 2.05) is 6.92 Å². The maximum absolute atomic E-state index is 5.55. The number of rotatable bonds is 3. The number of nitrogens with zero attached hydrogens (tertiary/aromatic N) is 2. The van der Waals surface area contributed by atoms with Gasteiger partial charge in [0.1, 0.15) is 0 Å². The number of nitrogens with one attached hydrogen (secondary N) is 1. The van der Waals surface area contributed by atoms with Gasteiger partial charge in [-0.25, -0.2) is 10.8 Å². The molecule has 1 aliphatic rings. The van der Waals surface area contributed by atoms with E-state index in [0.29, 0.717) is 25.7 Å². The predicted molar refractivity (Wildman–Crippen MR) is 63.1 cm³/mol. The van der Waals surface area contributed by atoms with Gasteiger partial charge in [0.25, 0.3) is 0 Å². The van der Waals surface area contributed by atoms with E-state index in [9.17, 15) is 0 Å². The fraction of sp³-hybridized carbons (Fsp3) is 0.900. The maximum Gasteiger partial charge on any atom is 0.208 e. The summed E-state index contributed by atoms with van der Waals surface area (Å²) < 4.78 is 10.5. The Hall–Kier alpha value is -0.850. The molecule has 1 fully saturated rings. The van der Waals surface area contributed by atoms with Crippen molar-refractivity contribution in [3.8, 4) is 0 Å². The lowest BCUT2D eigenvalue weighted by Gasteiger charge is -2.38. The Morgan fingerprint density at radius 3 is 3.00 bits per heavy atom. The summed E-state index contributed by atoms with van der Waals surface area (Å²) >= 11 is 0. The molecule has 0 aliphatic carbocycles. The van der Waals surface area contributed by atoms with Crippen LogP contribution in [0, 0.1) is 0 Å². The quantitative estimate of drug-likeness (QED) is 0.226. The van der Waals surface area contributed by atoms with Gasteiger partial charge in [0.05, 0.1) is 31.9 Å². The van der Waals surface area contributed by atoms with Crippen LogP contribution in [0.25, 0.3) is 0 Å².